The number of fused-ring (bicyclic) bond motifs is 4. The quantitative estimate of drug-likeness (QED) is 0.434. The van der Waals surface area contributed by atoms with Gasteiger partial charge in [-0.1, -0.05) is 18.2 Å². The first-order valence-electron chi connectivity index (χ1n) is 12.2. The number of hydrogen-bond acceptors (Lipinski definition) is 5. The number of carbonyl (C=O) groups is 2. The molecular formula is C28H23F3N2O4. The van der Waals surface area contributed by atoms with Gasteiger partial charge in [-0.2, -0.15) is 13.2 Å². The zero-order valence-corrected chi connectivity index (χ0v) is 19.7. The Morgan fingerprint density at radius 2 is 2.00 bits per heavy atom. The number of hydrogen-bond donors (Lipinski definition) is 1. The Morgan fingerprint density at radius 1 is 1.14 bits per heavy atom. The SMILES string of the molecule is O=C(CCc1cccc(C(F)(F)F)c1)C[C@@H]1[C@H]2Oc3ccc(Oc4ccnc5c4CCC(=O)N5)cc3[C@@H]12. The number of nitrogens with zero attached hydrogens (tertiary/aromatic N) is 1. The van der Waals surface area contributed by atoms with Gasteiger partial charge in [0.2, 0.25) is 5.91 Å². The number of carbonyl (C=O) groups excluding carboxylic acids is 2. The number of pyridine rings is 1. The minimum Gasteiger partial charge on any atom is -0.489 e. The highest BCUT2D eigenvalue weighted by molar-refractivity contribution is 5.93. The number of benzene rings is 2. The Balaban J connectivity index is 1.09. The summed E-state index contributed by atoms with van der Waals surface area (Å²) < 4.78 is 51.0. The van der Waals surface area contributed by atoms with E-state index in [1.807, 2.05) is 18.2 Å². The zero-order chi connectivity index (χ0) is 25.7. The molecule has 0 bridgehead atoms. The third kappa shape index (κ3) is 4.65. The first kappa shape index (κ1) is 23.5. The van der Waals surface area contributed by atoms with Crippen LogP contribution in [0.3, 0.4) is 0 Å². The molecule has 0 unspecified atom stereocenters. The Bertz CT molecular complexity index is 1400. The number of halogens is 3. The molecule has 37 heavy (non-hydrogen) atoms. The third-order valence-electron chi connectivity index (χ3n) is 7.21. The first-order chi connectivity index (χ1) is 17.8. The third-order valence-corrected chi connectivity index (χ3v) is 7.21. The van der Waals surface area contributed by atoms with Crippen molar-refractivity contribution in [3.05, 3.63) is 77.0 Å². The molecule has 3 aliphatic rings. The molecular weight excluding hydrogens is 485 g/mol. The molecule has 2 aromatic carbocycles. The number of Topliss-reactive ketones (excluding diaryl/α,β-unsaturated/α-hetero) is 1. The summed E-state index contributed by atoms with van der Waals surface area (Å²) in [6.45, 7) is 0. The van der Waals surface area contributed by atoms with Gasteiger partial charge in [-0.15, -0.1) is 0 Å². The van der Waals surface area contributed by atoms with E-state index in [-0.39, 0.29) is 42.5 Å². The molecule has 1 N–H and O–H groups in total. The number of anilines is 1. The van der Waals surface area contributed by atoms with Crippen molar-refractivity contribution in [2.75, 3.05) is 5.32 Å². The molecule has 9 heteroatoms. The van der Waals surface area contributed by atoms with Gasteiger partial charge in [-0.25, -0.2) is 4.98 Å². The summed E-state index contributed by atoms with van der Waals surface area (Å²) >= 11 is 0. The second kappa shape index (κ2) is 8.90. The van der Waals surface area contributed by atoms with E-state index in [4.69, 9.17) is 9.47 Å². The van der Waals surface area contributed by atoms with Crippen molar-refractivity contribution in [3.63, 3.8) is 0 Å². The van der Waals surface area contributed by atoms with Crippen LogP contribution in [-0.4, -0.2) is 22.8 Å². The molecule has 6 nitrogen and oxygen atoms in total. The fourth-order valence-corrected chi connectivity index (χ4v) is 5.29. The predicted octanol–water partition coefficient (Wildman–Crippen LogP) is 5.84. The second-order valence-corrected chi connectivity index (χ2v) is 9.70. The van der Waals surface area contributed by atoms with Gasteiger partial charge in [0.05, 0.1) is 5.56 Å². The van der Waals surface area contributed by atoms with E-state index in [0.29, 0.717) is 42.1 Å². The van der Waals surface area contributed by atoms with Crippen LogP contribution >= 0.6 is 0 Å². The number of aryl methyl sites for hydroxylation is 1. The maximum Gasteiger partial charge on any atom is 0.416 e. The monoisotopic (exact) mass is 508 g/mol. The van der Waals surface area contributed by atoms with E-state index >= 15 is 0 Å². The molecule has 1 fully saturated rings. The van der Waals surface area contributed by atoms with Crippen molar-refractivity contribution in [3.8, 4) is 17.2 Å². The highest BCUT2D eigenvalue weighted by Gasteiger charge is 2.59. The molecule has 1 aromatic heterocycles. The normalized spacial score (nSPS) is 21.3. The van der Waals surface area contributed by atoms with Crippen LogP contribution < -0.4 is 14.8 Å². The van der Waals surface area contributed by atoms with Gasteiger partial charge < -0.3 is 14.8 Å². The molecule has 190 valence electrons. The van der Waals surface area contributed by atoms with Gasteiger partial charge in [-0.3, -0.25) is 9.59 Å². The standard InChI is InChI=1S/C28H23F3N2O4/c29-28(30,31)16-3-1-2-15(12-16)4-5-17(34)13-21-25-20-14-18(6-8-22(20)37-26(21)25)36-23-10-11-32-27-19(23)7-9-24(35)33-27/h1-3,6,8,10-12,14,21,25-26H,4-5,7,9,13H2,(H,32,33,35)/t21-,25-,26+/m0/s1. The fraction of sp³-hybridized carbons (Fsp3) is 0.321. The van der Waals surface area contributed by atoms with Crippen LogP contribution in [0.2, 0.25) is 0 Å². The summed E-state index contributed by atoms with van der Waals surface area (Å²) in [5.41, 5.74) is 1.65. The van der Waals surface area contributed by atoms with Crippen molar-refractivity contribution in [1.29, 1.82) is 0 Å². The van der Waals surface area contributed by atoms with Crippen LogP contribution in [0, 0.1) is 5.92 Å². The van der Waals surface area contributed by atoms with E-state index in [0.717, 1.165) is 29.0 Å². The van der Waals surface area contributed by atoms with Crippen LogP contribution in [0.4, 0.5) is 19.0 Å². The van der Waals surface area contributed by atoms with Crippen molar-refractivity contribution >= 4 is 17.5 Å². The molecule has 3 heterocycles. The molecule has 3 atom stereocenters. The summed E-state index contributed by atoms with van der Waals surface area (Å²) in [7, 11) is 0. The van der Waals surface area contributed by atoms with E-state index in [1.54, 1.807) is 18.3 Å². The van der Waals surface area contributed by atoms with Crippen molar-refractivity contribution in [1.82, 2.24) is 4.98 Å². The lowest BCUT2D eigenvalue weighted by Gasteiger charge is -2.19. The smallest absolute Gasteiger partial charge is 0.416 e. The molecule has 1 saturated carbocycles. The Hall–Kier alpha value is -3.88. The number of nitrogens with one attached hydrogen (secondary N) is 1. The predicted molar refractivity (Wildman–Crippen MR) is 128 cm³/mol. The molecule has 0 saturated heterocycles. The number of aromatic nitrogens is 1. The summed E-state index contributed by atoms with van der Waals surface area (Å²) in [5, 5.41) is 2.76. The molecule has 0 spiro atoms. The van der Waals surface area contributed by atoms with Crippen LogP contribution in [0.15, 0.2) is 54.7 Å². The first-order valence-corrected chi connectivity index (χ1v) is 12.2. The molecule has 3 aromatic rings. The largest absolute Gasteiger partial charge is 0.489 e. The minimum absolute atomic E-state index is 0.0137. The van der Waals surface area contributed by atoms with E-state index in [9.17, 15) is 22.8 Å². The van der Waals surface area contributed by atoms with Gasteiger partial charge in [0.25, 0.3) is 0 Å². The molecule has 6 rings (SSSR count). The maximum atomic E-state index is 12.9. The van der Waals surface area contributed by atoms with Crippen molar-refractivity contribution < 1.29 is 32.2 Å². The van der Waals surface area contributed by atoms with Gasteiger partial charge in [-0.05, 0) is 48.7 Å². The fourth-order valence-electron chi connectivity index (χ4n) is 5.29. The lowest BCUT2D eigenvalue weighted by molar-refractivity contribution is -0.137. The van der Waals surface area contributed by atoms with Gasteiger partial charge in [0.15, 0.2) is 0 Å². The lowest BCUT2D eigenvalue weighted by Crippen LogP contribution is -2.20. The Morgan fingerprint density at radius 3 is 2.84 bits per heavy atom. The van der Waals surface area contributed by atoms with E-state index in [2.05, 4.69) is 10.3 Å². The molecule has 2 aliphatic heterocycles. The van der Waals surface area contributed by atoms with Crippen LogP contribution in [0.5, 0.6) is 17.2 Å². The minimum atomic E-state index is -4.40. The lowest BCUT2D eigenvalue weighted by atomic mass is 10.0. The highest BCUT2D eigenvalue weighted by Crippen LogP contribution is 2.60. The Kier molecular flexibility index (Phi) is 5.66. The topological polar surface area (TPSA) is 77.5 Å². The van der Waals surface area contributed by atoms with Gasteiger partial charge in [0, 0.05) is 48.4 Å². The van der Waals surface area contributed by atoms with Crippen molar-refractivity contribution in [2.45, 2.75) is 50.3 Å². The van der Waals surface area contributed by atoms with Crippen LogP contribution in [0.25, 0.3) is 0 Å². The van der Waals surface area contributed by atoms with E-state index < -0.39 is 11.7 Å². The molecule has 0 radical (unpaired) electrons. The van der Waals surface area contributed by atoms with Crippen LogP contribution in [0.1, 0.15) is 47.4 Å². The Labute approximate surface area is 210 Å². The number of rotatable bonds is 7. The van der Waals surface area contributed by atoms with Gasteiger partial charge in [0.1, 0.15) is 35.0 Å². The maximum absolute atomic E-state index is 12.9. The number of ketones is 1. The second-order valence-electron chi connectivity index (χ2n) is 9.70. The average Bonchev–Trinajstić information content (AvgIpc) is 3.38. The average molecular weight is 508 g/mol. The number of amides is 1. The van der Waals surface area contributed by atoms with E-state index in [1.165, 1.54) is 6.07 Å². The van der Waals surface area contributed by atoms with Crippen molar-refractivity contribution in [2.24, 2.45) is 5.92 Å². The number of ether oxygens (including phenoxy) is 2. The summed E-state index contributed by atoms with van der Waals surface area (Å²) in [6, 6.07) is 12.5. The highest BCUT2D eigenvalue weighted by atomic mass is 19.4. The van der Waals surface area contributed by atoms with Gasteiger partial charge >= 0.3 is 6.18 Å². The zero-order valence-electron chi connectivity index (χ0n) is 19.7. The summed E-state index contributed by atoms with van der Waals surface area (Å²) in [6.07, 6.45) is -1.15. The molecule has 1 aliphatic carbocycles. The summed E-state index contributed by atoms with van der Waals surface area (Å²) in [5.74, 6) is 2.67. The van der Waals surface area contributed by atoms with Crippen LogP contribution in [-0.2, 0) is 28.6 Å². The number of alkyl halides is 3. The molecule has 1 amide bonds. The summed E-state index contributed by atoms with van der Waals surface area (Å²) in [4.78, 5) is 28.5.